The number of carbonyl (C=O) groups excluding carboxylic acids is 1. The van der Waals surface area contributed by atoms with E-state index in [1.54, 1.807) is 11.7 Å². The van der Waals surface area contributed by atoms with Crippen molar-refractivity contribution < 1.29 is 9.63 Å². The van der Waals surface area contributed by atoms with E-state index in [0.29, 0.717) is 10.8 Å². The number of oxime groups is 1. The Morgan fingerprint density at radius 2 is 2.53 bits per heavy atom. The minimum atomic E-state index is 0.0786. The molecule has 2 N–H and O–H groups in total. The fraction of sp³-hybridized carbons (Fsp3) is 0.444. The molecule has 0 saturated heterocycles. The number of hydrogen-bond acceptors (Lipinski definition) is 6. The fourth-order valence-electron chi connectivity index (χ4n) is 1.12. The lowest BCUT2D eigenvalue weighted by Gasteiger charge is -2.22. The number of aromatic nitrogens is 1. The maximum absolute atomic E-state index is 10.6. The molecule has 1 saturated carbocycles. The Kier molecular flexibility index (Phi) is 2.96. The van der Waals surface area contributed by atoms with Gasteiger partial charge >= 0.3 is 0 Å². The summed E-state index contributed by atoms with van der Waals surface area (Å²) in [6.07, 6.45) is 4.99. The van der Waals surface area contributed by atoms with E-state index < -0.39 is 0 Å². The monoisotopic (exact) mass is 224 g/mol. The maximum Gasteiger partial charge on any atom is 0.259 e. The molecule has 1 heterocycles. The summed E-state index contributed by atoms with van der Waals surface area (Å²) in [4.78, 5) is 19.7. The van der Waals surface area contributed by atoms with E-state index in [4.69, 9.17) is 10.6 Å². The molecule has 1 fully saturated rings. The second kappa shape index (κ2) is 4.39. The van der Waals surface area contributed by atoms with Gasteiger partial charge in [0.25, 0.3) is 6.29 Å². The summed E-state index contributed by atoms with van der Waals surface area (Å²) in [6.45, 7) is 0. The van der Waals surface area contributed by atoms with Crippen LogP contribution in [0.4, 0.5) is 5.13 Å². The molecule has 1 aliphatic rings. The van der Waals surface area contributed by atoms with Gasteiger partial charge in [-0.1, -0.05) is 5.16 Å². The molecule has 1 aliphatic carbocycles. The summed E-state index contributed by atoms with van der Waals surface area (Å²) in [5.74, 6) is 0. The summed E-state index contributed by atoms with van der Waals surface area (Å²) in [7, 11) is 0. The first kappa shape index (κ1) is 10.1. The predicted octanol–water partition coefficient (Wildman–Crippen LogP) is 1.11. The van der Waals surface area contributed by atoms with Gasteiger partial charge in [-0.15, -0.1) is 11.3 Å². The van der Waals surface area contributed by atoms with Crippen LogP contribution in [0.5, 0.6) is 0 Å². The Bertz CT molecular complexity index is 384. The summed E-state index contributed by atoms with van der Waals surface area (Å²) in [5, 5.41) is 5.79. The second-order valence-corrected chi connectivity index (χ2v) is 4.16. The van der Waals surface area contributed by atoms with Gasteiger partial charge in [0, 0.05) is 5.38 Å². The van der Waals surface area contributed by atoms with Gasteiger partial charge in [-0.25, -0.2) is 4.98 Å². The Morgan fingerprint density at radius 3 is 3.00 bits per heavy atom. The van der Waals surface area contributed by atoms with Crippen molar-refractivity contribution in [3.63, 3.8) is 0 Å². The van der Waals surface area contributed by atoms with Crippen LogP contribution in [-0.4, -0.2) is 23.1 Å². The third-order valence-corrected chi connectivity index (χ3v) is 2.88. The highest BCUT2D eigenvalue weighted by Gasteiger charge is 2.19. The summed E-state index contributed by atoms with van der Waals surface area (Å²) >= 11 is 1.25. The average Bonchev–Trinajstić information content (AvgIpc) is 2.56. The van der Waals surface area contributed by atoms with Crippen molar-refractivity contribution in [3.05, 3.63) is 11.1 Å². The van der Waals surface area contributed by atoms with Crippen LogP contribution in [0.2, 0.25) is 0 Å². The van der Waals surface area contributed by atoms with Crippen LogP contribution >= 0.6 is 11.3 Å². The van der Waals surface area contributed by atoms with Gasteiger partial charge in [0.1, 0.15) is 11.8 Å². The van der Waals surface area contributed by atoms with Crippen LogP contribution in [0.3, 0.4) is 0 Å². The second-order valence-electron chi connectivity index (χ2n) is 3.27. The lowest BCUT2D eigenvalue weighted by Crippen LogP contribution is -2.20. The van der Waals surface area contributed by atoms with Crippen molar-refractivity contribution in [1.29, 1.82) is 0 Å². The van der Waals surface area contributed by atoms with E-state index in [0.717, 1.165) is 19.3 Å². The molecule has 0 aromatic carbocycles. The topological polar surface area (TPSA) is 77.6 Å². The summed E-state index contributed by atoms with van der Waals surface area (Å²) in [6, 6.07) is 0. The number of rotatable bonds is 4. The molecule has 79 valence electrons. The van der Waals surface area contributed by atoms with Crippen molar-refractivity contribution in [2.75, 3.05) is 5.73 Å². The molecule has 6 heteroatoms. The Balaban J connectivity index is 2.05. The van der Waals surface area contributed by atoms with E-state index >= 15 is 0 Å². The zero-order valence-electron chi connectivity index (χ0n) is 7.97. The average molecular weight is 224 g/mol. The highest BCUT2D eigenvalue weighted by atomic mass is 32.1. The molecule has 15 heavy (non-hydrogen) atoms. The van der Waals surface area contributed by atoms with Crippen LogP contribution in [0.1, 0.15) is 25.0 Å². The quantitative estimate of drug-likeness (QED) is 0.613. The Morgan fingerprint density at radius 1 is 1.73 bits per heavy atom. The number of nitrogens with two attached hydrogens (primary N) is 1. The van der Waals surface area contributed by atoms with Crippen LogP contribution in [0.15, 0.2) is 10.5 Å². The minimum Gasteiger partial charge on any atom is -0.392 e. The van der Waals surface area contributed by atoms with E-state index in [9.17, 15) is 4.79 Å². The standard InChI is InChI=1S/C9H10N3O2S/c10-9-11-8(5-15-9)7(4-13)12-14-6-2-1-3-6/h5-6H,1-3H2,(H2,10,11)/b12-7+. The van der Waals surface area contributed by atoms with E-state index in [2.05, 4.69) is 10.1 Å². The molecule has 0 bridgehead atoms. The minimum absolute atomic E-state index is 0.0786. The van der Waals surface area contributed by atoms with Gasteiger partial charge in [-0.3, -0.25) is 4.79 Å². The van der Waals surface area contributed by atoms with Gasteiger partial charge < -0.3 is 10.6 Å². The number of thiazole rings is 1. The molecule has 2 rings (SSSR count). The molecule has 0 unspecified atom stereocenters. The van der Waals surface area contributed by atoms with Gasteiger partial charge in [-0.2, -0.15) is 0 Å². The molecule has 0 atom stereocenters. The van der Waals surface area contributed by atoms with Crippen molar-refractivity contribution in [1.82, 2.24) is 4.98 Å². The van der Waals surface area contributed by atoms with Crippen LogP contribution in [-0.2, 0) is 9.63 Å². The zero-order valence-corrected chi connectivity index (χ0v) is 8.79. The van der Waals surface area contributed by atoms with Crippen molar-refractivity contribution in [3.8, 4) is 0 Å². The van der Waals surface area contributed by atoms with Crippen LogP contribution < -0.4 is 5.73 Å². The number of hydrogen-bond donors (Lipinski definition) is 1. The molecule has 0 amide bonds. The number of anilines is 1. The summed E-state index contributed by atoms with van der Waals surface area (Å²) < 4.78 is 0. The lowest BCUT2D eigenvalue weighted by molar-refractivity contribution is 0.00644. The van der Waals surface area contributed by atoms with Crippen molar-refractivity contribution >= 4 is 28.5 Å². The molecule has 1 aromatic rings. The summed E-state index contributed by atoms with van der Waals surface area (Å²) in [5.41, 5.74) is 5.95. The SMILES string of the molecule is Nc1nc(/C([C]=O)=N/OC2CCC2)cs1. The van der Waals surface area contributed by atoms with E-state index in [-0.39, 0.29) is 11.8 Å². The third kappa shape index (κ3) is 2.33. The smallest absolute Gasteiger partial charge is 0.259 e. The molecule has 1 aromatic heterocycles. The fourth-order valence-corrected chi connectivity index (χ4v) is 1.67. The predicted molar refractivity (Wildman–Crippen MR) is 57.5 cm³/mol. The van der Waals surface area contributed by atoms with E-state index in [1.165, 1.54) is 11.3 Å². The first-order chi connectivity index (χ1) is 7.29. The molecular formula is C9H10N3O2S. The Labute approximate surface area is 90.9 Å². The number of nitrogens with zero attached hydrogens (tertiary/aromatic N) is 2. The lowest BCUT2D eigenvalue weighted by atomic mass is 9.97. The van der Waals surface area contributed by atoms with Gasteiger partial charge in [0.15, 0.2) is 10.8 Å². The van der Waals surface area contributed by atoms with E-state index in [1.807, 2.05) is 0 Å². The Hall–Kier alpha value is -1.43. The normalized spacial score (nSPS) is 17.2. The zero-order chi connectivity index (χ0) is 10.7. The first-order valence-corrected chi connectivity index (χ1v) is 5.51. The van der Waals surface area contributed by atoms with Crippen molar-refractivity contribution in [2.24, 2.45) is 5.16 Å². The van der Waals surface area contributed by atoms with Gasteiger partial charge in [0.05, 0.1) is 0 Å². The molecule has 1 radical (unpaired) electrons. The van der Waals surface area contributed by atoms with Gasteiger partial charge in [0.2, 0.25) is 0 Å². The number of nitrogen functional groups attached to an aromatic ring is 1. The maximum atomic E-state index is 10.6. The van der Waals surface area contributed by atoms with Crippen molar-refractivity contribution in [2.45, 2.75) is 25.4 Å². The highest BCUT2D eigenvalue weighted by Crippen LogP contribution is 2.22. The van der Waals surface area contributed by atoms with Gasteiger partial charge in [-0.05, 0) is 19.3 Å². The molecule has 0 spiro atoms. The molecule has 5 nitrogen and oxygen atoms in total. The third-order valence-electron chi connectivity index (χ3n) is 2.21. The molecule has 0 aliphatic heterocycles. The molecular weight excluding hydrogens is 214 g/mol. The first-order valence-electron chi connectivity index (χ1n) is 4.63. The highest BCUT2D eigenvalue weighted by molar-refractivity contribution is 7.13. The van der Waals surface area contributed by atoms with Crippen LogP contribution in [0.25, 0.3) is 0 Å². The van der Waals surface area contributed by atoms with Crippen LogP contribution in [0, 0.1) is 0 Å². The largest absolute Gasteiger partial charge is 0.392 e.